The van der Waals surface area contributed by atoms with Crippen LogP contribution < -0.4 is 10.2 Å². The third-order valence-corrected chi connectivity index (χ3v) is 4.11. The Kier molecular flexibility index (Phi) is 6.28. The Morgan fingerprint density at radius 2 is 1.64 bits per heavy atom. The Bertz CT molecular complexity index is 882. The smallest absolute Gasteiger partial charge is 0.415 e. The van der Waals surface area contributed by atoms with Crippen LogP contribution in [0.4, 0.5) is 10.5 Å². The van der Waals surface area contributed by atoms with E-state index in [9.17, 15) is 14.4 Å². The summed E-state index contributed by atoms with van der Waals surface area (Å²) in [6.07, 6.45) is -0.686. The molecule has 0 bridgehead atoms. The summed E-state index contributed by atoms with van der Waals surface area (Å²) >= 11 is 0. The minimum atomic E-state index is -1.16. The fourth-order valence-corrected chi connectivity index (χ4v) is 2.71. The first kappa shape index (κ1) is 21.2. The van der Waals surface area contributed by atoms with E-state index in [4.69, 9.17) is 9.84 Å². The summed E-state index contributed by atoms with van der Waals surface area (Å²) in [6.45, 7) is 8.12. The van der Waals surface area contributed by atoms with Crippen LogP contribution in [0.3, 0.4) is 0 Å². The summed E-state index contributed by atoms with van der Waals surface area (Å²) in [7, 11) is 0. The van der Waals surface area contributed by atoms with Crippen molar-refractivity contribution in [3.8, 4) is 0 Å². The molecular weight excluding hydrogens is 360 g/mol. The maximum Gasteiger partial charge on any atom is 0.415 e. The molecule has 150 valence electrons. The van der Waals surface area contributed by atoms with Crippen LogP contribution in [0, 0.1) is 0 Å². The number of aliphatic carboxylic acids is 1. The molecule has 0 fully saturated rings. The standard InChI is InChI=1S/C21H26N2O5/c1-13(19(25)26)22-18(24)14(2)23(20(27)28-21(3,4)5)17-12-8-10-15-9-6-7-11-16(15)17/h6-14H,1-5H3,(H,22,24)(H,25,26)/t13-,14-/m0/s1. The fraction of sp³-hybridized carbons (Fsp3) is 0.381. The Balaban J connectivity index is 2.49. The third-order valence-electron chi connectivity index (χ3n) is 4.11. The molecule has 2 aromatic rings. The van der Waals surface area contributed by atoms with E-state index in [0.717, 1.165) is 10.8 Å². The second-order valence-corrected chi connectivity index (χ2v) is 7.59. The first-order valence-electron chi connectivity index (χ1n) is 9.04. The molecule has 2 N–H and O–H groups in total. The number of carbonyl (C=O) groups is 3. The predicted octanol–water partition coefficient (Wildman–Crippen LogP) is 3.56. The largest absolute Gasteiger partial charge is 0.480 e. The summed E-state index contributed by atoms with van der Waals surface area (Å²) in [5.74, 6) is -1.75. The molecule has 2 aromatic carbocycles. The SMILES string of the molecule is C[C@H](NC(=O)[C@H](C)N(C(=O)OC(C)(C)C)c1cccc2ccccc12)C(=O)O. The number of rotatable bonds is 5. The number of carboxylic acids is 1. The molecule has 0 saturated heterocycles. The molecule has 2 rings (SSSR count). The molecule has 0 radical (unpaired) electrons. The lowest BCUT2D eigenvalue weighted by Crippen LogP contribution is -2.52. The molecule has 7 nitrogen and oxygen atoms in total. The van der Waals surface area contributed by atoms with E-state index >= 15 is 0 Å². The number of benzene rings is 2. The van der Waals surface area contributed by atoms with Crippen LogP contribution in [0.15, 0.2) is 42.5 Å². The van der Waals surface area contributed by atoms with Crippen LogP contribution in [0.5, 0.6) is 0 Å². The average Bonchev–Trinajstić information content (AvgIpc) is 2.60. The van der Waals surface area contributed by atoms with Crippen LogP contribution in [-0.2, 0) is 14.3 Å². The van der Waals surface area contributed by atoms with Crippen LogP contribution in [0.1, 0.15) is 34.6 Å². The zero-order chi connectivity index (χ0) is 21.1. The lowest BCUT2D eigenvalue weighted by atomic mass is 10.1. The number of ether oxygens (including phenoxy) is 1. The number of amides is 2. The summed E-state index contributed by atoms with van der Waals surface area (Å²) in [5, 5.41) is 13.1. The number of fused-ring (bicyclic) bond motifs is 1. The van der Waals surface area contributed by atoms with Gasteiger partial charge in [0.05, 0.1) is 5.69 Å². The highest BCUT2D eigenvalue weighted by Crippen LogP contribution is 2.29. The lowest BCUT2D eigenvalue weighted by molar-refractivity contribution is -0.141. The lowest BCUT2D eigenvalue weighted by Gasteiger charge is -2.32. The highest BCUT2D eigenvalue weighted by Gasteiger charge is 2.33. The van der Waals surface area contributed by atoms with Gasteiger partial charge in [-0.1, -0.05) is 36.4 Å². The Morgan fingerprint density at radius 3 is 2.25 bits per heavy atom. The molecule has 0 spiro atoms. The Labute approximate surface area is 164 Å². The molecule has 2 atom stereocenters. The van der Waals surface area contributed by atoms with Crippen molar-refractivity contribution in [2.45, 2.75) is 52.3 Å². The van der Waals surface area contributed by atoms with Crippen molar-refractivity contribution < 1.29 is 24.2 Å². The monoisotopic (exact) mass is 386 g/mol. The van der Waals surface area contributed by atoms with Crippen molar-refractivity contribution in [1.82, 2.24) is 5.32 Å². The van der Waals surface area contributed by atoms with Crippen LogP contribution in [-0.4, -0.2) is 40.8 Å². The van der Waals surface area contributed by atoms with Gasteiger partial charge in [-0.05, 0) is 46.1 Å². The summed E-state index contributed by atoms with van der Waals surface area (Å²) in [5.41, 5.74) is -0.247. The van der Waals surface area contributed by atoms with E-state index in [-0.39, 0.29) is 0 Å². The van der Waals surface area contributed by atoms with Gasteiger partial charge < -0.3 is 15.2 Å². The normalized spacial score (nSPS) is 13.5. The number of hydrogen-bond donors (Lipinski definition) is 2. The highest BCUT2D eigenvalue weighted by molar-refractivity contribution is 6.05. The predicted molar refractivity (Wildman–Crippen MR) is 107 cm³/mol. The van der Waals surface area contributed by atoms with Crippen molar-refractivity contribution >= 4 is 34.4 Å². The molecule has 0 unspecified atom stereocenters. The van der Waals surface area contributed by atoms with Gasteiger partial charge in [-0.3, -0.25) is 14.5 Å². The van der Waals surface area contributed by atoms with Gasteiger partial charge in [0.25, 0.3) is 0 Å². The van der Waals surface area contributed by atoms with E-state index < -0.39 is 35.7 Å². The van der Waals surface area contributed by atoms with Crippen molar-refractivity contribution in [2.75, 3.05) is 4.90 Å². The van der Waals surface area contributed by atoms with Crippen molar-refractivity contribution in [3.63, 3.8) is 0 Å². The van der Waals surface area contributed by atoms with E-state index in [0.29, 0.717) is 5.69 Å². The van der Waals surface area contributed by atoms with Gasteiger partial charge in [0.1, 0.15) is 17.7 Å². The van der Waals surface area contributed by atoms with Gasteiger partial charge in [-0.25, -0.2) is 4.79 Å². The van der Waals surface area contributed by atoms with Gasteiger partial charge in [0.15, 0.2) is 0 Å². The first-order chi connectivity index (χ1) is 13.0. The van der Waals surface area contributed by atoms with Crippen LogP contribution >= 0.6 is 0 Å². The zero-order valence-corrected chi connectivity index (χ0v) is 16.7. The minimum Gasteiger partial charge on any atom is -0.480 e. The van der Waals surface area contributed by atoms with Crippen molar-refractivity contribution in [1.29, 1.82) is 0 Å². The molecule has 2 amide bonds. The quantitative estimate of drug-likeness (QED) is 0.819. The van der Waals surface area contributed by atoms with E-state index in [1.54, 1.807) is 32.9 Å². The number of carboxylic acid groups (broad SMARTS) is 1. The van der Waals surface area contributed by atoms with Gasteiger partial charge in [0.2, 0.25) is 5.91 Å². The van der Waals surface area contributed by atoms with E-state index in [1.807, 2.05) is 30.3 Å². The van der Waals surface area contributed by atoms with E-state index in [2.05, 4.69) is 5.32 Å². The van der Waals surface area contributed by atoms with Gasteiger partial charge >= 0.3 is 12.1 Å². The van der Waals surface area contributed by atoms with Crippen LogP contribution in [0.2, 0.25) is 0 Å². The molecule has 0 heterocycles. The maximum absolute atomic E-state index is 13.0. The average molecular weight is 386 g/mol. The molecule has 0 saturated carbocycles. The van der Waals surface area contributed by atoms with Gasteiger partial charge in [-0.15, -0.1) is 0 Å². The molecule has 0 aliphatic carbocycles. The zero-order valence-electron chi connectivity index (χ0n) is 16.7. The van der Waals surface area contributed by atoms with Gasteiger partial charge in [0, 0.05) is 5.39 Å². The molecular formula is C21H26N2O5. The first-order valence-corrected chi connectivity index (χ1v) is 9.04. The summed E-state index contributed by atoms with van der Waals surface area (Å²) < 4.78 is 5.52. The van der Waals surface area contributed by atoms with Crippen LogP contribution in [0.25, 0.3) is 10.8 Å². The summed E-state index contributed by atoms with van der Waals surface area (Å²) in [4.78, 5) is 38.0. The van der Waals surface area contributed by atoms with E-state index in [1.165, 1.54) is 18.7 Å². The van der Waals surface area contributed by atoms with Crippen molar-refractivity contribution in [3.05, 3.63) is 42.5 Å². The van der Waals surface area contributed by atoms with Crippen molar-refractivity contribution in [2.24, 2.45) is 0 Å². The number of hydrogen-bond acceptors (Lipinski definition) is 4. The number of carbonyl (C=O) groups excluding carboxylic acids is 2. The minimum absolute atomic E-state index is 0.512. The highest BCUT2D eigenvalue weighted by atomic mass is 16.6. The molecule has 0 aliphatic rings. The van der Waals surface area contributed by atoms with Gasteiger partial charge in [-0.2, -0.15) is 0 Å². The molecule has 0 aliphatic heterocycles. The molecule has 7 heteroatoms. The topological polar surface area (TPSA) is 95.9 Å². The fourth-order valence-electron chi connectivity index (χ4n) is 2.71. The Hall–Kier alpha value is -3.09. The number of nitrogens with one attached hydrogen (secondary N) is 1. The maximum atomic E-state index is 13.0. The number of anilines is 1. The molecule has 0 aromatic heterocycles. The summed E-state index contributed by atoms with van der Waals surface area (Å²) in [6, 6.07) is 10.9. The Morgan fingerprint density at radius 1 is 1.04 bits per heavy atom. The number of nitrogens with zero attached hydrogens (tertiary/aromatic N) is 1. The second-order valence-electron chi connectivity index (χ2n) is 7.59. The molecule has 28 heavy (non-hydrogen) atoms. The third kappa shape index (κ3) is 5.00. The second kappa shape index (κ2) is 8.29.